The number of nitro benzene ring substituents is 1. The Morgan fingerprint density at radius 3 is 2.71 bits per heavy atom. The van der Waals surface area contributed by atoms with Crippen LogP contribution in [0.2, 0.25) is 0 Å². The molecule has 0 aromatic heterocycles. The number of benzene rings is 1. The first kappa shape index (κ1) is 14.4. The highest BCUT2D eigenvalue weighted by Gasteiger charge is 2.31. The van der Waals surface area contributed by atoms with Crippen LogP contribution in [-0.2, 0) is 9.59 Å². The van der Waals surface area contributed by atoms with E-state index in [1.165, 1.54) is 11.0 Å². The van der Waals surface area contributed by atoms with Gasteiger partial charge in [-0.3, -0.25) is 25.0 Å². The normalized spacial score (nSPS) is 18.3. The van der Waals surface area contributed by atoms with Crippen LogP contribution in [0, 0.1) is 10.1 Å². The minimum absolute atomic E-state index is 0.135. The van der Waals surface area contributed by atoms with Gasteiger partial charge in [-0.25, -0.2) is 4.79 Å². The topological polar surface area (TPSA) is 130 Å². The average Bonchev–Trinajstić information content (AvgIpc) is 2.42. The van der Waals surface area contributed by atoms with Crippen molar-refractivity contribution < 1.29 is 24.4 Å². The number of anilines is 1. The Kier molecular flexibility index (Phi) is 3.57. The lowest BCUT2D eigenvalue weighted by atomic mass is 10.1. The van der Waals surface area contributed by atoms with Gasteiger partial charge in [0.15, 0.2) is 0 Å². The Bertz CT molecular complexity index is 656. The molecule has 1 heterocycles. The number of imide groups is 1. The molecule has 0 spiro atoms. The maximum Gasteiger partial charge on any atom is 0.342 e. The van der Waals surface area contributed by atoms with Gasteiger partial charge in [0.1, 0.15) is 11.6 Å². The number of hydrogen-bond acceptors (Lipinski definition) is 6. The number of nitro groups is 1. The molecular weight excluding hydrogens is 282 g/mol. The molecule has 1 atom stereocenters. The lowest BCUT2D eigenvalue weighted by Gasteiger charge is -2.33. The molecule has 110 valence electrons. The molecule has 0 aliphatic carbocycles. The van der Waals surface area contributed by atoms with E-state index in [1.807, 2.05) is 0 Å². The van der Waals surface area contributed by atoms with Crippen molar-refractivity contribution in [3.05, 3.63) is 33.9 Å². The summed E-state index contributed by atoms with van der Waals surface area (Å²) in [5.74, 6) is -2.49. The average molecular weight is 293 g/mol. The zero-order valence-corrected chi connectivity index (χ0v) is 10.9. The molecular formula is C12H11N3O6. The van der Waals surface area contributed by atoms with Crippen molar-refractivity contribution in [3.63, 3.8) is 0 Å². The Labute approximate surface area is 118 Å². The van der Waals surface area contributed by atoms with E-state index in [2.05, 4.69) is 5.32 Å². The second-order valence-electron chi connectivity index (χ2n) is 4.48. The molecule has 0 radical (unpaired) electrons. The first-order chi connectivity index (χ1) is 9.81. The standard InChI is InChI=1S/C12H11N3O6/c1-6-11(17)13-10(16)5-14(6)7-2-3-9(15(20)21)8(4-7)12(18)19/h2-4,6H,5H2,1H3,(H,18,19)(H,13,16,17). The largest absolute Gasteiger partial charge is 0.477 e. The maximum atomic E-state index is 11.6. The first-order valence-electron chi connectivity index (χ1n) is 5.93. The molecule has 2 N–H and O–H groups in total. The van der Waals surface area contributed by atoms with Crippen LogP contribution in [0.3, 0.4) is 0 Å². The fourth-order valence-corrected chi connectivity index (χ4v) is 2.06. The summed E-state index contributed by atoms with van der Waals surface area (Å²) in [7, 11) is 0. The van der Waals surface area contributed by atoms with Gasteiger partial charge in [0, 0.05) is 11.8 Å². The van der Waals surface area contributed by atoms with Crippen LogP contribution in [0.5, 0.6) is 0 Å². The number of carboxylic acid groups (broad SMARTS) is 1. The van der Waals surface area contributed by atoms with E-state index in [0.29, 0.717) is 0 Å². The number of nitrogens with zero attached hydrogens (tertiary/aromatic N) is 2. The number of carboxylic acids is 1. The van der Waals surface area contributed by atoms with Crippen LogP contribution in [-0.4, -0.2) is 40.4 Å². The van der Waals surface area contributed by atoms with Crippen LogP contribution in [0.4, 0.5) is 11.4 Å². The van der Waals surface area contributed by atoms with Gasteiger partial charge in [-0.1, -0.05) is 0 Å². The third kappa shape index (κ3) is 2.66. The van der Waals surface area contributed by atoms with Crippen LogP contribution < -0.4 is 10.2 Å². The number of aromatic carboxylic acids is 1. The van der Waals surface area contributed by atoms with Gasteiger partial charge in [0.05, 0.1) is 11.5 Å². The number of hydrogen-bond donors (Lipinski definition) is 2. The van der Waals surface area contributed by atoms with E-state index in [-0.39, 0.29) is 12.2 Å². The van der Waals surface area contributed by atoms with Crippen molar-refractivity contribution in [2.24, 2.45) is 0 Å². The summed E-state index contributed by atoms with van der Waals surface area (Å²) >= 11 is 0. The number of carbonyl (C=O) groups excluding carboxylic acids is 2. The minimum atomic E-state index is -1.45. The summed E-state index contributed by atoms with van der Waals surface area (Å²) in [5, 5.41) is 22.0. The fraction of sp³-hybridized carbons (Fsp3) is 0.250. The third-order valence-corrected chi connectivity index (χ3v) is 3.16. The highest BCUT2D eigenvalue weighted by Crippen LogP contribution is 2.27. The Balaban J connectivity index is 2.47. The molecule has 2 rings (SSSR count). The van der Waals surface area contributed by atoms with Crippen molar-refractivity contribution in [1.82, 2.24) is 5.32 Å². The van der Waals surface area contributed by atoms with Gasteiger partial charge < -0.3 is 10.0 Å². The quantitative estimate of drug-likeness (QED) is 0.460. The van der Waals surface area contributed by atoms with E-state index in [0.717, 1.165) is 12.1 Å². The van der Waals surface area contributed by atoms with Crippen LogP contribution >= 0.6 is 0 Å². The monoisotopic (exact) mass is 293 g/mol. The van der Waals surface area contributed by atoms with Gasteiger partial charge in [0.25, 0.3) is 5.69 Å². The number of rotatable bonds is 3. The molecule has 0 saturated carbocycles. The lowest BCUT2D eigenvalue weighted by Crippen LogP contribution is -2.57. The van der Waals surface area contributed by atoms with Gasteiger partial charge in [0.2, 0.25) is 11.8 Å². The SMILES string of the molecule is CC1C(=O)NC(=O)CN1c1ccc([N+](=O)[O-])c(C(=O)O)c1. The second-order valence-corrected chi connectivity index (χ2v) is 4.48. The Morgan fingerprint density at radius 2 is 2.14 bits per heavy atom. The van der Waals surface area contributed by atoms with Gasteiger partial charge in [-0.05, 0) is 19.1 Å². The summed E-state index contributed by atoms with van der Waals surface area (Å²) in [4.78, 5) is 45.5. The number of carbonyl (C=O) groups is 3. The van der Waals surface area contributed by atoms with E-state index < -0.39 is 40.0 Å². The van der Waals surface area contributed by atoms with Gasteiger partial charge >= 0.3 is 5.97 Å². The van der Waals surface area contributed by atoms with Crippen molar-refractivity contribution in [3.8, 4) is 0 Å². The van der Waals surface area contributed by atoms with Crippen molar-refractivity contribution in [1.29, 1.82) is 0 Å². The Morgan fingerprint density at radius 1 is 1.48 bits per heavy atom. The summed E-state index contributed by atoms with van der Waals surface area (Å²) in [6.07, 6.45) is 0. The van der Waals surface area contributed by atoms with Crippen molar-refractivity contribution >= 4 is 29.2 Å². The highest BCUT2D eigenvalue weighted by atomic mass is 16.6. The zero-order chi connectivity index (χ0) is 15.7. The molecule has 1 aliphatic heterocycles. The molecule has 9 heteroatoms. The number of amides is 2. The van der Waals surface area contributed by atoms with Gasteiger partial charge in [-0.2, -0.15) is 0 Å². The fourth-order valence-electron chi connectivity index (χ4n) is 2.06. The smallest absolute Gasteiger partial charge is 0.342 e. The minimum Gasteiger partial charge on any atom is -0.477 e. The Hall–Kier alpha value is -2.97. The number of nitrogens with one attached hydrogen (secondary N) is 1. The van der Waals surface area contributed by atoms with Crippen LogP contribution in [0.1, 0.15) is 17.3 Å². The molecule has 1 aliphatic rings. The molecule has 1 unspecified atom stereocenters. The second kappa shape index (κ2) is 5.19. The summed E-state index contributed by atoms with van der Waals surface area (Å²) < 4.78 is 0. The third-order valence-electron chi connectivity index (χ3n) is 3.16. The van der Waals surface area contributed by atoms with E-state index in [4.69, 9.17) is 5.11 Å². The molecule has 1 aromatic rings. The molecule has 0 bridgehead atoms. The predicted octanol–water partition coefficient (Wildman–Crippen LogP) is 0.144. The lowest BCUT2D eigenvalue weighted by molar-refractivity contribution is -0.385. The molecule has 1 saturated heterocycles. The molecule has 2 amide bonds. The van der Waals surface area contributed by atoms with Crippen molar-refractivity contribution in [2.75, 3.05) is 11.4 Å². The number of piperazine rings is 1. The zero-order valence-electron chi connectivity index (χ0n) is 10.9. The van der Waals surface area contributed by atoms with Crippen LogP contribution in [0.15, 0.2) is 18.2 Å². The summed E-state index contributed by atoms with van der Waals surface area (Å²) in [6.45, 7) is 1.41. The molecule has 1 fully saturated rings. The summed E-state index contributed by atoms with van der Waals surface area (Å²) in [6, 6.07) is 2.75. The maximum absolute atomic E-state index is 11.6. The van der Waals surface area contributed by atoms with Crippen LogP contribution in [0.25, 0.3) is 0 Å². The summed E-state index contributed by atoms with van der Waals surface area (Å²) in [5.41, 5.74) is -0.788. The van der Waals surface area contributed by atoms with Gasteiger partial charge in [-0.15, -0.1) is 0 Å². The predicted molar refractivity (Wildman–Crippen MR) is 70.0 cm³/mol. The molecule has 9 nitrogen and oxygen atoms in total. The molecule has 21 heavy (non-hydrogen) atoms. The highest BCUT2D eigenvalue weighted by molar-refractivity contribution is 6.04. The van der Waals surface area contributed by atoms with E-state index in [9.17, 15) is 24.5 Å². The first-order valence-corrected chi connectivity index (χ1v) is 5.93. The molecule has 1 aromatic carbocycles. The van der Waals surface area contributed by atoms with Crippen molar-refractivity contribution in [2.45, 2.75) is 13.0 Å². The van der Waals surface area contributed by atoms with E-state index in [1.54, 1.807) is 6.92 Å². The van der Waals surface area contributed by atoms with E-state index >= 15 is 0 Å².